The summed E-state index contributed by atoms with van der Waals surface area (Å²) in [4.78, 5) is 16.2. The summed E-state index contributed by atoms with van der Waals surface area (Å²) >= 11 is 0. The second-order valence-corrected chi connectivity index (χ2v) is 5.35. The Morgan fingerprint density at radius 1 is 1.12 bits per heavy atom. The number of benzene rings is 2. The first-order chi connectivity index (χ1) is 11.6. The summed E-state index contributed by atoms with van der Waals surface area (Å²) < 4.78 is 10.9. The number of ether oxygens (including phenoxy) is 2. The fourth-order valence-corrected chi connectivity index (χ4v) is 2.67. The number of aryl methyl sites for hydroxylation is 1. The minimum Gasteiger partial charge on any atom is -0.497 e. The Morgan fingerprint density at radius 3 is 2.62 bits per heavy atom. The third kappa shape index (κ3) is 3.01. The molecule has 0 radical (unpaired) electrons. The van der Waals surface area contributed by atoms with Crippen molar-refractivity contribution in [2.45, 2.75) is 13.5 Å². The maximum Gasteiger partial charge on any atom is 0.337 e. The maximum atomic E-state index is 11.7. The van der Waals surface area contributed by atoms with Crippen molar-refractivity contribution in [3.8, 4) is 11.5 Å². The largest absolute Gasteiger partial charge is 0.497 e. The first-order valence-electron chi connectivity index (χ1n) is 7.48. The van der Waals surface area contributed by atoms with E-state index in [1.165, 1.54) is 0 Å². The number of carboxylic acids is 1. The summed E-state index contributed by atoms with van der Waals surface area (Å²) in [6.07, 6.45) is 0. The van der Waals surface area contributed by atoms with Crippen LogP contribution in [0, 0.1) is 6.92 Å². The van der Waals surface area contributed by atoms with E-state index >= 15 is 0 Å². The smallest absolute Gasteiger partial charge is 0.337 e. The van der Waals surface area contributed by atoms with Crippen LogP contribution in [0.15, 0.2) is 48.5 Å². The molecule has 122 valence electrons. The monoisotopic (exact) mass is 323 g/mol. The second-order valence-electron chi connectivity index (χ2n) is 5.35. The molecule has 1 aromatic heterocycles. The molecule has 0 aliphatic carbocycles. The lowest BCUT2D eigenvalue weighted by Crippen LogP contribution is -2.11. The molecule has 0 atom stereocenters. The van der Waals surface area contributed by atoms with Crippen LogP contribution in [0.1, 0.15) is 21.6 Å². The Balaban J connectivity index is 1.98. The van der Waals surface area contributed by atoms with Gasteiger partial charge in [0, 0.05) is 11.5 Å². The maximum absolute atomic E-state index is 11.7. The molecule has 0 spiro atoms. The number of hydrogen-bond donors (Lipinski definition) is 1. The standard InChI is InChI=1S/C19H17NO4/c1-12-15-8-3-4-9-16(15)20-17(18(12)19(21)22)11-24-14-7-5-6-13(10-14)23-2/h3-10H,11H2,1-2H3,(H,21,22). The molecule has 0 bridgehead atoms. The van der Waals surface area contributed by atoms with Gasteiger partial charge in [-0.25, -0.2) is 9.78 Å². The fourth-order valence-electron chi connectivity index (χ4n) is 2.67. The number of aromatic carboxylic acids is 1. The molecule has 3 aromatic rings. The average molecular weight is 323 g/mol. The van der Waals surface area contributed by atoms with Gasteiger partial charge < -0.3 is 14.6 Å². The van der Waals surface area contributed by atoms with Gasteiger partial charge in [0.1, 0.15) is 18.1 Å². The molecule has 1 N–H and O–H groups in total. The predicted molar refractivity (Wildman–Crippen MR) is 90.8 cm³/mol. The van der Waals surface area contributed by atoms with Crippen LogP contribution < -0.4 is 9.47 Å². The molecular weight excluding hydrogens is 306 g/mol. The lowest BCUT2D eigenvalue weighted by molar-refractivity contribution is 0.0692. The highest BCUT2D eigenvalue weighted by atomic mass is 16.5. The van der Waals surface area contributed by atoms with Gasteiger partial charge in [-0.15, -0.1) is 0 Å². The van der Waals surface area contributed by atoms with Crippen molar-refractivity contribution in [2.24, 2.45) is 0 Å². The number of carbonyl (C=O) groups is 1. The van der Waals surface area contributed by atoms with E-state index in [2.05, 4.69) is 4.98 Å². The summed E-state index contributed by atoms with van der Waals surface area (Å²) in [5.74, 6) is 0.266. The van der Waals surface area contributed by atoms with Gasteiger partial charge in [0.15, 0.2) is 0 Å². The van der Waals surface area contributed by atoms with Crippen LogP contribution in [0.3, 0.4) is 0 Å². The van der Waals surface area contributed by atoms with Crippen LogP contribution in [0.5, 0.6) is 11.5 Å². The van der Waals surface area contributed by atoms with Crippen LogP contribution in [-0.4, -0.2) is 23.2 Å². The lowest BCUT2D eigenvalue weighted by atomic mass is 10.0. The van der Waals surface area contributed by atoms with Gasteiger partial charge in [-0.05, 0) is 30.7 Å². The van der Waals surface area contributed by atoms with Crippen molar-refractivity contribution in [1.82, 2.24) is 4.98 Å². The first kappa shape index (κ1) is 15.8. The molecule has 5 nitrogen and oxygen atoms in total. The summed E-state index contributed by atoms with van der Waals surface area (Å²) in [5.41, 5.74) is 2.04. The molecule has 0 saturated heterocycles. The first-order valence-corrected chi connectivity index (χ1v) is 7.48. The normalized spacial score (nSPS) is 10.6. The molecule has 1 heterocycles. The zero-order chi connectivity index (χ0) is 17.1. The number of methoxy groups -OCH3 is 1. The zero-order valence-corrected chi connectivity index (χ0v) is 13.4. The summed E-state index contributed by atoms with van der Waals surface area (Å²) in [6.45, 7) is 1.86. The molecule has 2 aromatic carbocycles. The summed E-state index contributed by atoms with van der Waals surface area (Å²) in [5, 5.41) is 10.4. The highest BCUT2D eigenvalue weighted by Crippen LogP contribution is 2.25. The van der Waals surface area contributed by atoms with Gasteiger partial charge in [0.2, 0.25) is 0 Å². The lowest BCUT2D eigenvalue weighted by Gasteiger charge is -2.13. The molecule has 3 rings (SSSR count). The highest BCUT2D eigenvalue weighted by Gasteiger charge is 2.18. The van der Waals surface area contributed by atoms with E-state index in [1.54, 1.807) is 26.2 Å². The zero-order valence-electron chi connectivity index (χ0n) is 13.4. The predicted octanol–water partition coefficient (Wildman–Crippen LogP) is 3.83. The van der Waals surface area contributed by atoms with Gasteiger partial charge in [-0.2, -0.15) is 0 Å². The summed E-state index contributed by atoms with van der Waals surface area (Å²) in [7, 11) is 1.58. The van der Waals surface area contributed by atoms with Crippen molar-refractivity contribution in [1.29, 1.82) is 0 Å². The molecule has 5 heteroatoms. The molecule has 0 aliphatic heterocycles. The SMILES string of the molecule is COc1cccc(OCc2nc3ccccc3c(C)c2C(=O)O)c1. The number of para-hydroxylation sites is 1. The van der Waals surface area contributed by atoms with Gasteiger partial charge in [-0.1, -0.05) is 24.3 Å². The topological polar surface area (TPSA) is 68.7 Å². The van der Waals surface area contributed by atoms with Crippen LogP contribution in [0.25, 0.3) is 10.9 Å². The van der Waals surface area contributed by atoms with Gasteiger partial charge in [-0.3, -0.25) is 0 Å². The Bertz CT molecular complexity index is 905. The number of carboxylic acid groups (broad SMARTS) is 1. The van der Waals surface area contributed by atoms with E-state index in [-0.39, 0.29) is 12.2 Å². The minimum atomic E-state index is -1.00. The van der Waals surface area contributed by atoms with Crippen LogP contribution >= 0.6 is 0 Å². The number of fused-ring (bicyclic) bond motifs is 1. The Labute approximate surface area is 139 Å². The minimum absolute atomic E-state index is 0.0699. The Morgan fingerprint density at radius 2 is 1.88 bits per heavy atom. The van der Waals surface area contributed by atoms with E-state index in [1.807, 2.05) is 36.4 Å². The molecule has 24 heavy (non-hydrogen) atoms. The highest BCUT2D eigenvalue weighted by molar-refractivity contribution is 5.97. The van der Waals surface area contributed by atoms with Gasteiger partial charge in [0.05, 0.1) is 23.9 Å². The second kappa shape index (κ2) is 6.58. The Hall–Kier alpha value is -3.08. The summed E-state index contributed by atoms with van der Waals surface area (Å²) in [6, 6.07) is 14.6. The van der Waals surface area contributed by atoms with Crippen molar-refractivity contribution >= 4 is 16.9 Å². The van der Waals surface area contributed by atoms with Crippen molar-refractivity contribution in [3.05, 3.63) is 65.4 Å². The Kier molecular flexibility index (Phi) is 4.33. The average Bonchev–Trinajstić information content (AvgIpc) is 2.60. The van der Waals surface area contributed by atoms with Crippen LogP contribution in [0.2, 0.25) is 0 Å². The molecule has 0 unspecified atom stereocenters. The van der Waals surface area contributed by atoms with E-state index < -0.39 is 5.97 Å². The molecule has 0 aliphatic rings. The molecular formula is C19H17NO4. The van der Waals surface area contributed by atoms with Crippen LogP contribution in [0.4, 0.5) is 0 Å². The van der Waals surface area contributed by atoms with Crippen molar-refractivity contribution in [2.75, 3.05) is 7.11 Å². The number of hydrogen-bond acceptors (Lipinski definition) is 4. The third-order valence-corrected chi connectivity index (χ3v) is 3.86. The van der Waals surface area contributed by atoms with Crippen molar-refractivity contribution < 1.29 is 19.4 Å². The quantitative estimate of drug-likeness (QED) is 0.773. The fraction of sp³-hybridized carbons (Fsp3) is 0.158. The molecule has 0 amide bonds. The van der Waals surface area contributed by atoms with Gasteiger partial charge in [0.25, 0.3) is 0 Å². The molecule has 0 fully saturated rings. The van der Waals surface area contributed by atoms with E-state index in [0.29, 0.717) is 22.8 Å². The van der Waals surface area contributed by atoms with Gasteiger partial charge >= 0.3 is 5.97 Å². The van der Waals surface area contributed by atoms with E-state index in [0.717, 1.165) is 10.9 Å². The van der Waals surface area contributed by atoms with Crippen LogP contribution in [-0.2, 0) is 6.61 Å². The van der Waals surface area contributed by atoms with Crippen molar-refractivity contribution in [3.63, 3.8) is 0 Å². The molecule has 0 saturated carbocycles. The number of pyridine rings is 1. The number of nitrogens with zero attached hydrogens (tertiary/aromatic N) is 1. The van der Waals surface area contributed by atoms with E-state index in [9.17, 15) is 9.90 Å². The third-order valence-electron chi connectivity index (χ3n) is 3.86. The number of rotatable bonds is 5. The van der Waals surface area contributed by atoms with E-state index in [4.69, 9.17) is 9.47 Å². The number of aromatic nitrogens is 1.